The highest BCUT2D eigenvalue weighted by Gasteiger charge is 2.05. The molecule has 0 fully saturated rings. The summed E-state index contributed by atoms with van der Waals surface area (Å²) in [6.45, 7) is 3.52. The van der Waals surface area contributed by atoms with Crippen molar-refractivity contribution >= 4 is 0 Å². The maximum absolute atomic E-state index is 11.0. The number of nitriles is 1. The quantitative estimate of drug-likeness (QED) is 0.551. The molecule has 2 heteroatoms. The van der Waals surface area contributed by atoms with E-state index in [1.54, 1.807) is 6.07 Å². The third-order valence-electron chi connectivity index (χ3n) is 1.49. The summed E-state index contributed by atoms with van der Waals surface area (Å²) in [4.78, 5) is 0. The lowest BCUT2D eigenvalue weighted by molar-refractivity contribution is -0.451. The molecule has 10 heavy (non-hydrogen) atoms. The first-order chi connectivity index (χ1) is 4.62. The summed E-state index contributed by atoms with van der Waals surface area (Å²) in [5.74, 6) is 0. The smallest absolute Gasteiger partial charge is 0.0506 e. The van der Waals surface area contributed by atoms with Gasteiger partial charge in [0, 0.05) is 0 Å². The zero-order valence-electron chi connectivity index (χ0n) is 6.68. The predicted molar refractivity (Wildman–Crippen MR) is 38.2 cm³/mol. The molecule has 2 nitrogen and oxygen atoms in total. The largest absolute Gasteiger partial charge is 0.839 e. The Labute approximate surface area is 62.5 Å². The molecule has 0 aromatic heterocycles. The van der Waals surface area contributed by atoms with Crippen molar-refractivity contribution in [2.24, 2.45) is 0 Å². The van der Waals surface area contributed by atoms with E-state index < -0.39 is 5.60 Å². The minimum atomic E-state index is -1.35. The zero-order chi connectivity index (χ0) is 8.04. The molecular formula is C8H14NO-. The first-order valence-corrected chi connectivity index (χ1v) is 3.74. The molecule has 0 saturated heterocycles. The summed E-state index contributed by atoms with van der Waals surface area (Å²) in [6.07, 6.45) is 3.52. The highest BCUT2D eigenvalue weighted by Crippen LogP contribution is 2.09. The molecule has 0 heterocycles. The second kappa shape index (κ2) is 4.29. The average molecular weight is 140 g/mol. The maximum Gasteiger partial charge on any atom is 0.0506 e. The van der Waals surface area contributed by atoms with E-state index in [0.29, 0.717) is 6.42 Å². The van der Waals surface area contributed by atoms with Gasteiger partial charge in [0.15, 0.2) is 0 Å². The van der Waals surface area contributed by atoms with E-state index in [9.17, 15) is 5.11 Å². The van der Waals surface area contributed by atoms with Crippen LogP contribution in [0.5, 0.6) is 0 Å². The fourth-order valence-electron chi connectivity index (χ4n) is 0.768. The topological polar surface area (TPSA) is 46.8 Å². The molecule has 0 aliphatic heterocycles. The Kier molecular flexibility index (Phi) is 4.06. The van der Waals surface area contributed by atoms with Gasteiger partial charge >= 0.3 is 0 Å². The Bertz CT molecular complexity index is 124. The average Bonchev–Trinajstić information content (AvgIpc) is 1.89. The Hall–Kier alpha value is -0.550. The summed E-state index contributed by atoms with van der Waals surface area (Å²) >= 11 is 0. The molecule has 0 saturated carbocycles. The third kappa shape index (κ3) is 4.34. The number of unbranched alkanes of at least 4 members (excludes halogenated alkanes) is 2. The number of hydrogen-bond donors (Lipinski definition) is 0. The van der Waals surface area contributed by atoms with Crippen LogP contribution in [0.15, 0.2) is 0 Å². The lowest BCUT2D eigenvalue weighted by atomic mass is 10.0. The molecule has 0 aliphatic carbocycles. The number of hydrogen-bond acceptors (Lipinski definition) is 2. The van der Waals surface area contributed by atoms with E-state index in [1.165, 1.54) is 6.92 Å². The highest BCUT2D eigenvalue weighted by atomic mass is 16.3. The predicted octanol–water partition coefficient (Wildman–Crippen LogP) is 1.21. The summed E-state index contributed by atoms with van der Waals surface area (Å²) in [6, 6.07) is 1.74. The van der Waals surface area contributed by atoms with Crippen LogP contribution in [-0.2, 0) is 0 Å². The molecule has 58 valence electrons. The van der Waals surface area contributed by atoms with E-state index >= 15 is 0 Å². The highest BCUT2D eigenvalue weighted by molar-refractivity contribution is 4.94. The zero-order valence-corrected chi connectivity index (χ0v) is 6.68. The van der Waals surface area contributed by atoms with Gasteiger partial charge in [-0.05, 0) is 5.60 Å². The standard InChI is InChI=1S/C8H14NO/c1-3-4-5-6-8(2,10)7-9/h3-6H2,1-2H3/q-1/t8-/m0/s1. The van der Waals surface area contributed by atoms with Gasteiger partial charge in [0.2, 0.25) is 0 Å². The van der Waals surface area contributed by atoms with Gasteiger partial charge < -0.3 is 5.11 Å². The van der Waals surface area contributed by atoms with Crippen molar-refractivity contribution in [2.75, 3.05) is 0 Å². The van der Waals surface area contributed by atoms with Gasteiger partial charge in [-0.15, -0.1) is 0 Å². The minimum absolute atomic E-state index is 0.483. The van der Waals surface area contributed by atoms with E-state index in [-0.39, 0.29) is 0 Å². The van der Waals surface area contributed by atoms with Crippen molar-refractivity contribution < 1.29 is 5.11 Å². The second-order valence-corrected chi connectivity index (χ2v) is 2.80. The van der Waals surface area contributed by atoms with Crippen molar-refractivity contribution in [3.63, 3.8) is 0 Å². The molecule has 0 aromatic rings. The second-order valence-electron chi connectivity index (χ2n) is 2.80. The Morgan fingerprint density at radius 2 is 2.10 bits per heavy atom. The van der Waals surface area contributed by atoms with Crippen molar-refractivity contribution in [1.82, 2.24) is 0 Å². The van der Waals surface area contributed by atoms with Crippen LogP contribution in [-0.4, -0.2) is 5.60 Å². The van der Waals surface area contributed by atoms with Gasteiger partial charge in [0.05, 0.1) is 6.07 Å². The van der Waals surface area contributed by atoms with Crippen molar-refractivity contribution in [3.05, 3.63) is 0 Å². The van der Waals surface area contributed by atoms with E-state index in [0.717, 1.165) is 19.3 Å². The van der Waals surface area contributed by atoms with E-state index in [4.69, 9.17) is 5.26 Å². The molecule has 0 amide bonds. The van der Waals surface area contributed by atoms with E-state index in [1.807, 2.05) is 0 Å². The van der Waals surface area contributed by atoms with Gasteiger partial charge in [-0.2, -0.15) is 5.26 Å². The van der Waals surface area contributed by atoms with Crippen LogP contribution in [0.4, 0.5) is 0 Å². The van der Waals surface area contributed by atoms with Crippen LogP contribution in [0, 0.1) is 11.3 Å². The fourth-order valence-corrected chi connectivity index (χ4v) is 0.768. The monoisotopic (exact) mass is 140 g/mol. The molecule has 0 aromatic carbocycles. The van der Waals surface area contributed by atoms with Gasteiger partial charge in [0.25, 0.3) is 0 Å². The Morgan fingerprint density at radius 1 is 1.50 bits per heavy atom. The Morgan fingerprint density at radius 3 is 2.50 bits per heavy atom. The number of rotatable bonds is 4. The third-order valence-corrected chi connectivity index (χ3v) is 1.49. The first kappa shape index (κ1) is 9.45. The molecular weight excluding hydrogens is 126 g/mol. The maximum atomic E-state index is 11.0. The molecule has 0 rings (SSSR count). The van der Waals surface area contributed by atoms with Crippen molar-refractivity contribution in [1.29, 1.82) is 5.26 Å². The van der Waals surface area contributed by atoms with Gasteiger partial charge in [-0.1, -0.05) is 39.5 Å². The minimum Gasteiger partial charge on any atom is -0.839 e. The summed E-state index contributed by atoms with van der Waals surface area (Å²) in [5, 5.41) is 19.3. The SMILES string of the molecule is CCCCC[C@](C)([O-])C#N. The van der Waals surface area contributed by atoms with Crippen LogP contribution in [0.1, 0.15) is 39.5 Å². The lowest BCUT2D eigenvalue weighted by Crippen LogP contribution is -2.38. The normalized spacial score (nSPS) is 15.8. The first-order valence-electron chi connectivity index (χ1n) is 3.74. The van der Waals surface area contributed by atoms with Crippen LogP contribution in [0.25, 0.3) is 0 Å². The molecule has 0 spiro atoms. The van der Waals surface area contributed by atoms with Gasteiger partial charge in [-0.25, -0.2) is 0 Å². The van der Waals surface area contributed by atoms with Crippen LogP contribution in [0.2, 0.25) is 0 Å². The van der Waals surface area contributed by atoms with E-state index in [2.05, 4.69) is 6.92 Å². The van der Waals surface area contributed by atoms with Crippen molar-refractivity contribution in [3.8, 4) is 6.07 Å². The Balaban J connectivity index is 3.40. The van der Waals surface area contributed by atoms with Gasteiger partial charge in [-0.3, -0.25) is 0 Å². The van der Waals surface area contributed by atoms with Gasteiger partial charge in [0.1, 0.15) is 0 Å². The fraction of sp³-hybridized carbons (Fsp3) is 0.875. The summed E-state index contributed by atoms with van der Waals surface area (Å²) < 4.78 is 0. The molecule has 0 aliphatic rings. The molecule has 0 unspecified atom stereocenters. The van der Waals surface area contributed by atoms with Crippen LogP contribution < -0.4 is 5.11 Å². The molecule has 0 bridgehead atoms. The van der Waals surface area contributed by atoms with Crippen LogP contribution >= 0.6 is 0 Å². The van der Waals surface area contributed by atoms with Crippen molar-refractivity contribution in [2.45, 2.75) is 45.1 Å². The lowest BCUT2D eigenvalue weighted by Gasteiger charge is -2.27. The molecule has 0 radical (unpaired) electrons. The molecule has 0 N–H and O–H groups in total. The molecule has 1 atom stereocenters. The summed E-state index contributed by atoms with van der Waals surface area (Å²) in [7, 11) is 0. The summed E-state index contributed by atoms with van der Waals surface area (Å²) in [5.41, 5.74) is -1.35. The van der Waals surface area contributed by atoms with Crippen LogP contribution in [0.3, 0.4) is 0 Å². The number of nitrogens with zero attached hydrogens (tertiary/aromatic N) is 1.